The fourth-order valence-corrected chi connectivity index (χ4v) is 3.19. The monoisotopic (exact) mass is 314 g/mol. The van der Waals surface area contributed by atoms with Crippen molar-refractivity contribution in [3.63, 3.8) is 0 Å². The Hall–Kier alpha value is -2.14. The van der Waals surface area contributed by atoms with Crippen LogP contribution in [-0.4, -0.2) is 28.1 Å². The average molecular weight is 314 g/mol. The van der Waals surface area contributed by atoms with Gasteiger partial charge < -0.3 is 15.4 Å². The highest BCUT2D eigenvalue weighted by Crippen LogP contribution is 2.28. The number of hydrogen-bond donors (Lipinski definition) is 3. The lowest BCUT2D eigenvalue weighted by molar-refractivity contribution is -0.122. The predicted octanol–water partition coefficient (Wildman–Crippen LogP) is 1.88. The zero-order valence-electron chi connectivity index (χ0n) is 13.1. The van der Waals surface area contributed by atoms with Crippen LogP contribution in [-0.2, 0) is 11.2 Å². The summed E-state index contributed by atoms with van der Waals surface area (Å²) in [4.78, 5) is 26.8. The molecule has 0 saturated heterocycles. The first-order valence-corrected chi connectivity index (χ1v) is 8.16. The molecule has 0 spiro atoms. The first-order valence-electron chi connectivity index (χ1n) is 8.16. The molecule has 1 aliphatic rings. The largest absolute Gasteiger partial charge is 0.388 e. The highest BCUT2D eigenvalue weighted by molar-refractivity contribution is 5.79. The van der Waals surface area contributed by atoms with Gasteiger partial charge in [-0.25, -0.2) is 0 Å². The summed E-state index contributed by atoms with van der Waals surface area (Å²) in [6.07, 6.45) is 4.16. The lowest BCUT2D eigenvalue weighted by Gasteiger charge is -2.22. The summed E-state index contributed by atoms with van der Waals surface area (Å²) in [6.45, 7) is 0.305. The van der Waals surface area contributed by atoms with E-state index in [0.717, 1.165) is 36.6 Å². The van der Waals surface area contributed by atoms with Crippen molar-refractivity contribution in [1.82, 2.24) is 10.3 Å². The number of carbonyl (C=O) groups excluding carboxylic acids is 1. The van der Waals surface area contributed by atoms with E-state index in [4.69, 9.17) is 0 Å². The number of rotatable bonds is 5. The van der Waals surface area contributed by atoms with Crippen molar-refractivity contribution in [2.75, 3.05) is 6.54 Å². The Bertz CT molecular complexity index is 760. The average Bonchev–Trinajstić information content (AvgIpc) is 2.98. The molecular weight excluding hydrogens is 292 g/mol. The van der Waals surface area contributed by atoms with E-state index in [-0.39, 0.29) is 17.9 Å². The number of aliphatic hydroxyl groups is 1. The first kappa shape index (κ1) is 15.7. The minimum atomic E-state index is -0.740. The van der Waals surface area contributed by atoms with Crippen LogP contribution in [0.5, 0.6) is 0 Å². The zero-order valence-corrected chi connectivity index (χ0v) is 13.1. The maximum Gasteiger partial charge on any atom is 0.251 e. The third-order valence-electron chi connectivity index (χ3n) is 4.60. The molecule has 1 aromatic heterocycles. The first-order chi connectivity index (χ1) is 11.1. The van der Waals surface area contributed by atoms with Crippen molar-refractivity contribution in [3.05, 3.63) is 46.2 Å². The van der Waals surface area contributed by atoms with Gasteiger partial charge in [-0.3, -0.25) is 9.59 Å². The molecule has 23 heavy (non-hydrogen) atoms. The van der Waals surface area contributed by atoms with Gasteiger partial charge in [-0.15, -0.1) is 0 Å². The molecule has 3 rings (SSSR count). The topological polar surface area (TPSA) is 82.2 Å². The molecule has 1 aromatic carbocycles. The maximum absolute atomic E-state index is 12.0. The van der Waals surface area contributed by atoms with Gasteiger partial charge in [0.2, 0.25) is 5.91 Å². The maximum atomic E-state index is 12.0. The molecule has 1 saturated carbocycles. The van der Waals surface area contributed by atoms with E-state index < -0.39 is 5.60 Å². The van der Waals surface area contributed by atoms with E-state index in [0.29, 0.717) is 18.5 Å². The van der Waals surface area contributed by atoms with Crippen LogP contribution < -0.4 is 10.9 Å². The van der Waals surface area contributed by atoms with Gasteiger partial charge in [-0.05, 0) is 36.8 Å². The summed E-state index contributed by atoms with van der Waals surface area (Å²) in [5, 5.41) is 14.0. The summed E-state index contributed by atoms with van der Waals surface area (Å²) < 4.78 is 0. The van der Waals surface area contributed by atoms with Crippen molar-refractivity contribution < 1.29 is 9.90 Å². The fraction of sp³-hybridized carbons (Fsp3) is 0.444. The van der Waals surface area contributed by atoms with Gasteiger partial charge in [0, 0.05) is 24.0 Å². The summed E-state index contributed by atoms with van der Waals surface area (Å²) >= 11 is 0. The van der Waals surface area contributed by atoms with Crippen LogP contribution in [0.4, 0.5) is 0 Å². The minimum absolute atomic E-state index is 0.127. The zero-order chi connectivity index (χ0) is 16.3. The second kappa shape index (κ2) is 6.54. The summed E-state index contributed by atoms with van der Waals surface area (Å²) in [5.74, 6) is -0.127. The van der Waals surface area contributed by atoms with Crippen LogP contribution >= 0.6 is 0 Å². The Balaban J connectivity index is 1.58. The quantitative estimate of drug-likeness (QED) is 0.788. The third kappa shape index (κ3) is 3.79. The van der Waals surface area contributed by atoms with Crippen molar-refractivity contribution in [3.8, 4) is 0 Å². The van der Waals surface area contributed by atoms with E-state index >= 15 is 0 Å². The summed E-state index contributed by atoms with van der Waals surface area (Å²) in [5.41, 5.74) is 0.523. The van der Waals surface area contributed by atoms with E-state index in [9.17, 15) is 14.7 Å². The number of H-pyrrole nitrogens is 1. The Morgan fingerprint density at radius 3 is 2.78 bits per heavy atom. The summed E-state index contributed by atoms with van der Waals surface area (Å²) in [6, 6.07) is 9.42. The van der Waals surface area contributed by atoms with Crippen molar-refractivity contribution >= 4 is 16.8 Å². The second-order valence-electron chi connectivity index (χ2n) is 6.42. The molecular formula is C18H22N2O3. The van der Waals surface area contributed by atoms with Crippen LogP contribution in [0, 0.1) is 0 Å². The van der Waals surface area contributed by atoms with E-state index in [1.807, 2.05) is 30.3 Å². The SMILES string of the molecule is O=C(CCc1cc2ccccc2[nH]c1=O)NCC1(O)CCCC1. The molecule has 5 heteroatoms. The van der Waals surface area contributed by atoms with Crippen LogP contribution in [0.2, 0.25) is 0 Å². The Kier molecular flexibility index (Phi) is 4.48. The number of para-hydroxylation sites is 1. The Morgan fingerprint density at radius 2 is 2.00 bits per heavy atom. The molecule has 0 aliphatic heterocycles. The number of nitrogens with one attached hydrogen (secondary N) is 2. The van der Waals surface area contributed by atoms with Gasteiger partial charge >= 0.3 is 0 Å². The molecule has 0 atom stereocenters. The van der Waals surface area contributed by atoms with E-state index in [1.54, 1.807) is 0 Å². The lowest BCUT2D eigenvalue weighted by Crippen LogP contribution is -2.40. The molecule has 3 N–H and O–H groups in total. The number of aryl methyl sites for hydroxylation is 1. The van der Waals surface area contributed by atoms with Gasteiger partial charge in [0.1, 0.15) is 0 Å². The molecule has 1 aliphatic carbocycles. The van der Waals surface area contributed by atoms with Crippen LogP contribution in [0.1, 0.15) is 37.7 Å². The van der Waals surface area contributed by atoms with Crippen molar-refractivity contribution in [2.24, 2.45) is 0 Å². The number of fused-ring (bicyclic) bond motifs is 1. The number of amides is 1. The molecule has 1 amide bonds. The molecule has 1 fully saturated rings. The number of aromatic amines is 1. The van der Waals surface area contributed by atoms with Gasteiger partial charge in [0.15, 0.2) is 0 Å². The fourth-order valence-electron chi connectivity index (χ4n) is 3.19. The highest BCUT2D eigenvalue weighted by atomic mass is 16.3. The highest BCUT2D eigenvalue weighted by Gasteiger charge is 2.31. The molecule has 0 radical (unpaired) electrons. The number of pyridine rings is 1. The van der Waals surface area contributed by atoms with E-state index in [1.165, 1.54) is 0 Å². The lowest BCUT2D eigenvalue weighted by atomic mass is 10.0. The Morgan fingerprint density at radius 1 is 1.26 bits per heavy atom. The molecule has 5 nitrogen and oxygen atoms in total. The number of carbonyl (C=O) groups is 1. The Labute approximate surface area is 134 Å². The summed E-state index contributed by atoms with van der Waals surface area (Å²) in [7, 11) is 0. The molecule has 0 bridgehead atoms. The standard InChI is InChI=1S/C18H22N2O3/c21-16(19-12-18(23)9-3-4-10-18)8-7-14-11-13-5-1-2-6-15(13)20-17(14)22/h1-2,5-6,11,23H,3-4,7-10,12H2,(H,19,21)(H,20,22). The van der Waals surface area contributed by atoms with Crippen LogP contribution in [0.15, 0.2) is 35.1 Å². The van der Waals surface area contributed by atoms with Crippen LogP contribution in [0.25, 0.3) is 10.9 Å². The van der Waals surface area contributed by atoms with E-state index in [2.05, 4.69) is 10.3 Å². The molecule has 122 valence electrons. The van der Waals surface area contributed by atoms with Crippen LogP contribution in [0.3, 0.4) is 0 Å². The van der Waals surface area contributed by atoms with Gasteiger partial charge in [0.25, 0.3) is 5.56 Å². The second-order valence-corrected chi connectivity index (χ2v) is 6.42. The number of hydrogen-bond acceptors (Lipinski definition) is 3. The predicted molar refractivity (Wildman–Crippen MR) is 89.3 cm³/mol. The number of benzene rings is 1. The normalized spacial score (nSPS) is 16.6. The minimum Gasteiger partial charge on any atom is -0.388 e. The van der Waals surface area contributed by atoms with Gasteiger partial charge in [-0.2, -0.15) is 0 Å². The smallest absolute Gasteiger partial charge is 0.251 e. The molecule has 2 aromatic rings. The molecule has 1 heterocycles. The molecule has 0 unspecified atom stereocenters. The van der Waals surface area contributed by atoms with Gasteiger partial charge in [-0.1, -0.05) is 31.0 Å². The number of aromatic nitrogens is 1. The third-order valence-corrected chi connectivity index (χ3v) is 4.60. The van der Waals surface area contributed by atoms with Gasteiger partial charge in [0.05, 0.1) is 5.60 Å². The van der Waals surface area contributed by atoms with Crippen molar-refractivity contribution in [2.45, 2.75) is 44.1 Å². The van der Waals surface area contributed by atoms with Crippen molar-refractivity contribution in [1.29, 1.82) is 0 Å².